The molecule has 0 saturated carbocycles. The van der Waals surface area contributed by atoms with Crippen molar-refractivity contribution in [3.8, 4) is 11.1 Å². The number of hydrogen-bond acceptors (Lipinski definition) is 3. The molecule has 0 amide bonds. The molecule has 0 fully saturated rings. The fourth-order valence-electron chi connectivity index (χ4n) is 4.58. The third-order valence-corrected chi connectivity index (χ3v) is 8.56. The lowest BCUT2D eigenvalue weighted by molar-refractivity contribution is 1.57. The molecule has 2 heterocycles. The summed E-state index contributed by atoms with van der Waals surface area (Å²) in [5, 5.41) is 7.52. The monoisotopic (exact) mass is 473 g/mol. The van der Waals surface area contributed by atoms with Gasteiger partial charge in [-0.25, -0.2) is 0 Å². The van der Waals surface area contributed by atoms with Crippen LogP contribution in [0.2, 0.25) is 0 Å². The molecule has 0 radical (unpaired) electrons. The lowest BCUT2D eigenvalue weighted by Gasteiger charge is -2.09. The van der Waals surface area contributed by atoms with E-state index in [9.17, 15) is 0 Å². The van der Waals surface area contributed by atoms with Crippen LogP contribution in [0.1, 0.15) is 17.4 Å². The summed E-state index contributed by atoms with van der Waals surface area (Å²) in [5.74, 6) is 0. The molecule has 6 aromatic rings. The van der Waals surface area contributed by atoms with E-state index < -0.39 is 0 Å². The molecule has 4 aromatic carbocycles. The van der Waals surface area contributed by atoms with E-state index in [0.29, 0.717) is 0 Å². The van der Waals surface area contributed by atoms with Crippen LogP contribution in [0.25, 0.3) is 53.5 Å². The van der Waals surface area contributed by atoms with E-state index >= 15 is 0 Å². The number of allylic oxidation sites excluding steroid dienone is 1. The standard InChI is InChI=1S/C31H23NS2/c1-3-8-24-27-19-22(17-18-30(27)33-28(24)4-2)32-21-15-13-20(14-16-21)23-10-7-11-26-25-9-5-6-12-29(25)34-31(23)26/h3-19,32H,2H2,1H3/b8-3-. The van der Waals surface area contributed by atoms with Gasteiger partial charge in [-0.05, 0) is 54.4 Å². The van der Waals surface area contributed by atoms with E-state index in [0.717, 1.165) is 11.4 Å². The van der Waals surface area contributed by atoms with Crippen LogP contribution in [0.15, 0.2) is 97.6 Å². The second-order valence-corrected chi connectivity index (χ2v) is 10.4. The van der Waals surface area contributed by atoms with Gasteiger partial charge in [-0.2, -0.15) is 0 Å². The second-order valence-electron chi connectivity index (χ2n) is 8.28. The van der Waals surface area contributed by atoms with Gasteiger partial charge in [-0.15, -0.1) is 22.7 Å². The number of nitrogens with one attached hydrogen (secondary N) is 1. The van der Waals surface area contributed by atoms with Gasteiger partial charge in [0.15, 0.2) is 0 Å². The molecular weight excluding hydrogens is 450 g/mol. The lowest BCUT2D eigenvalue weighted by atomic mass is 10.0. The Kier molecular flexibility index (Phi) is 5.29. The zero-order valence-corrected chi connectivity index (χ0v) is 20.5. The molecule has 34 heavy (non-hydrogen) atoms. The Bertz CT molecular complexity index is 1700. The molecule has 0 atom stereocenters. The van der Waals surface area contributed by atoms with Gasteiger partial charge in [0.1, 0.15) is 0 Å². The maximum absolute atomic E-state index is 3.99. The minimum atomic E-state index is 1.08. The first-order valence-corrected chi connectivity index (χ1v) is 13.0. The van der Waals surface area contributed by atoms with Gasteiger partial charge in [0.2, 0.25) is 0 Å². The highest BCUT2D eigenvalue weighted by Gasteiger charge is 2.11. The summed E-state index contributed by atoms with van der Waals surface area (Å²) in [4.78, 5) is 1.21. The SMILES string of the molecule is C=Cc1sc2ccc(Nc3ccc(-c4cccc5c4sc4ccccc45)cc3)cc2c1/C=C\C. The average molecular weight is 474 g/mol. The van der Waals surface area contributed by atoms with Gasteiger partial charge in [-0.3, -0.25) is 0 Å². The normalized spacial score (nSPS) is 11.7. The van der Waals surface area contributed by atoms with Crippen LogP contribution in [0.5, 0.6) is 0 Å². The third-order valence-electron chi connectivity index (χ3n) is 6.16. The van der Waals surface area contributed by atoms with Gasteiger partial charge in [0, 0.05) is 52.1 Å². The van der Waals surface area contributed by atoms with Crippen molar-refractivity contribution in [2.45, 2.75) is 6.92 Å². The second kappa shape index (κ2) is 8.60. The number of benzene rings is 4. The molecule has 1 N–H and O–H groups in total. The molecule has 0 aliphatic heterocycles. The number of hydrogen-bond donors (Lipinski definition) is 1. The third kappa shape index (κ3) is 3.54. The van der Waals surface area contributed by atoms with Crippen LogP contribution < -0.4 is 5.32 Å². The first-order chi connectivity index (χ1) is 16.7. The van der Waals surface area contributed by atoms with Gasteiger partial charge in [-0.1, -0.05) is 73.3 Å². The Morgan fingerprint density at radius 1 is 0.735 bits per heavy atom. The van der Waals surface area contributed by atoms with Crippen molar-refractivity contribution in [3.63, 3.8) is 0 Å². The molecule has 2 aromatic heterocycles. The maximum Gasteiger partial charge on any atom is 0.0433 e. The quantitative estimate of drug-likeness (QED) is 0.262. The molecule has 0 aliphatic carbocycles. The molecule has 0 saturated heterocycles. The Morgan fingerprint density at radius 3 is 2.32 bits per heavy atom. The van der Waals surface area contributed by atoms with Crippen molar-refractivity contribution >= 4 is 76.5 Å². The molecule has 0 bridgehead atoms. The maximum atomic E-state index is 3.99. The molecule has 0 aliphatic rings. The number of anilines is 2. The van der Waals surface area contributed by atoms with E-state index in [2.05, 4.69) is 116 Å². The summed E-state index contributed by atoms with van der Waals surface area (Å²) in [5.41, 5.74) is 5.94. The molecule has 0 spiro atoms. The summed E-state index contributed by atoms with van der Waals surface area (Å²) in [7, 11) is 0. The molecule has 164 valence electrons. The highest BCUT2D eigenvalue weighted by atomic mass is 32.1. The van der Waals surface area contributed by atoms with Crippen molar-refractivity contribution < 1.29 is 0 Å². The highest BCUT2D eigenvalue weighted by Crippen LogP contribution is 2.40. The predicted molar refractivity (Wildman–Crippen MR) is 155 cm³/mol. The van der Waals surface area contributed by atoms with Crippen molar-refractivity contribution in [3.05, 3.63) is 108 Å². The number of rotatable bonds is 5. The largest absolute Gasteiger partial charge is 0.356 e. The van der Waals surface area contributed by atoms with Crippen LogP contribution in [0, 0.1) is 0 Å². The van der Waals surface area contributed by atoms with Crippen LogP contribution in [0.3, 0.4) is 0 Å². The van der Waals surface area contributed by atoms with E-state index in [1.165, 1.54) is 51.8 Å². The lowest BCUT2D eigenvalue weighted by Crippen LogP contribution is -1.90. The van der Waals surface area contributed by atoms with Crippen molar-refractivity contribution in [2.24, 2.45) is 0 Å². The predicted octanol–water partition coefficient (Wildman–Crippen LogP) is 10.4. The van der Waals surface area contributed by atoms with Gasteiger partial charge in [0.25, 0.3) is 0 Å². The Balaban J connectivity index is 1.34. The van der Waals surface area contributed by atoms with Crippen LogP contribution >= 0.6 is 22.7 Å². The minimum Gasteiger partial charge on any atom is -0.356 e. The molecule has 0 unspecified atom stereocenters. The fraction of sp³-hybridized carbons (Fsp3) is 0.0323. The Morgan fingerprint density at radius 2 is 1.50 bits per heavy atom. The van der Waals surface area contributed by atoms with Gasteiger partial charge in [0.05, 0.1) is 0 Å². The first kappa shape index (κ1) is 20.9. The summed E-state index contributed by atoms with van der Waals surface area (Å²) in [6.45, 7) is 6.04. The summed E-state index contributed by atoms with van der Waals surface area (Å²) in [6.07, 6.45) is 6.20. The van der Waals surface area contributed by atoms with Gasteiger partial charge >= 0.3 is 0 Å². The Hall–Kier alpha value is -3.66. The minimum absolute atomic E-state index is 1.08. The van der Waals surface area contributed by atoms with E-state index in [1.54, 1.807) is 11.3 Å². The van der Waals surface area contributed by atoms with E-state index in [-0.39, 0.29) is 0 Å². The van der Waals surface area contributed by atoms with Crippen LogP contribution in [-0.2, 0) is 0 Å². The zero-order chi connectivity index (χ0) is 23.1. The summed E-state index contributed by atoms with van der Waals surface area (Å²) >= 11 is 3.66. The molecule has 6 rings (SSSR count). The molecular formula is C31H23NS2. The smallest absolute Gasteiger partial charge is 0.0433 e. The molecule has 1 nitrogen and oxygen atoms in total. The average Bonchev–Trinajstić information content (AvgIpc) is 3.43. The number of fused-ring (bicyclic) bond motifs is 4. The van der Waals surface area contributed by atoms with Crippen molar-refractivity contribution in [1.29, 1.82) is 0 Å². The topological polar surface area (TPSA) is 12.0 Å². The van der Waals surface area contributed by atoms with E-state index in [4.69, 9.17) is 0 Å². The van der Waals surface area contributed by atoms with Crippen LogP contribution in [-0.4, -0.2) is 0 Å². The summed E-state index contributed by atoms with van der Waals surface area (Å²) < 4.78 is 3.96. The fourth-order valence-corrected chi connectivity index (χ4v) is 6.84. The molecule has 3 heteroatoms. The van der Waals surface area contributed by atoms with Crippen molar-refractivity contribution in [2.75, 3.05) is 5.32 Å². The van der Waals surface area contributed by atoms with E-state index in [1.807, 2.05) is 17.4 Å². The highest BCUT2D eigenvalue weighted by molar-refractivity contribution is 7.26. The Labute approximate surface area is 207 Å². The van der Waals surface area contributed by atoms with Gasteiger partial charge < -0.3 is 5.32 Å². The van der Waals surface area contributed by atoms with Crippen molar-refractivity contribution in [1.82, 2.24) is 0 Å². The first-order valence-electron chi connectivity index (χ1n) is 11.3. The van der Waals surface area contributed by atoms with Crippen LogP contribution in [0.4, 0.5) is 11.4 Å². The number of thiophene rings is 2. The summed E-state index contributed by atoms with van der Waals surface area (Å²) in [6, 6.07) is 30.6. The zero-order valence-electron chi connectivity index (χ0n) is 18.8.